The highest BCUT2D eigenvalue weighted by atomic mass is 32.2. The Hall–Kier alpha value is -0.550. The number of thiophene rings is 1. The average molecular weight is 219 g/mol. The van der Waals surface area contributed by atoms with E-state index < -0.39 is 10.0 Å². The summed E-state index contributed by atoms with van der Waals surface area (Å²) >= 11 is 1.44. The predicted molar refractivity (Wildman–Crippen MR) is 56.8 cm³/mol. The number of anilines is 1. The van der Waals surface area contributed by atoms with Crippen molar-refractivity contribution in [2.24, 2.45) is 0 Å². The normalized spacial score (nSPS) is 11.5. The van der Waals surface area contributed by atoms with Crippen LogP contribution in [0.2, 0.25) is 0 Å². The Morgan fingerprint density at radius 2 is 2.15 bits per heavy atom. The molecule has 0 bridgehead atoms. The molecule has 3 nitrogen and oxygen atoms in total. The molecule has 1 rings (SSSR count). The number of hydrogen-bond donors (Lipinski definition) is 0. The highest BCUT2D eigenvalue weighted by Crippen LogP contribution is 2.23. The molecule has 13 heavy (non-hydrogen) atoms. The van der Waals surface area contributed by atoms with Gasteiger partial charge in [-0.1, -0.05) is 0 Å². The van der Waals surface area contributed by atoms with E-state index in [2.05, 4.69) is 0 Å². The number of hydrogen-bond acceptors (Lipinski definition) is 3. The Labute approximate surface area is 83.1 Å². The predicted octanol–water partition coefficient (Wildman–Crippen LogP) is 1.92. The Kier molecular flexibility index (Phi) is 3.33. The van der Waals surface area contributed by atoms with Gasteiger partial charge in [0.1, 0.15) is 5.00 Å². The third kappa shape index (κ3) is 2.22. The van der Waals surface area contributed by atoms with Crippen molar-refractivity contribution in [2.75, 3.05) is 16.6 Å². The van der Waals surface area contributed by atoms with Gasteiger partial charge >= 0.3 is 0 Å². The van der Waals surface area contributed by atoms with Crippen LogP contribution in [0.4, 0.5) is 5.00 Å². The van der Waals surface area contributed by atoms with E-state index in [1.54, 1.807) is 6.92 Å². The van der Waals surface area contributed by atoms with Crippen molar-refractivity contribution in [1.29, 1.82) is 0 Å². The number of rotatable bonds is 4. The smallest absolute Gasteiger partial charge is 0.235 e. The number of sulfonamides is 1. The highest BCUT2D eigenvalue weighted by molar-refractivity contribution is 7.92. The summed E-state index contributed by atoms with van der Waals surface area (Å²) in [5, 5.41) is 2.67. The van der Waals surface area contributed by atoms with E-state index >= 15 is 0 Å². The Balaban J connectivity index is 3.00. The van der Waals surface area contributed by atoms with Gasteiger partial charge in [0.25, 0.3) is 0 Å². The molecule has 0 saturated heterocycles. The summed E-state index contributed by atoms with van der Waals surface area (Å²) in [6, 6.07) is 3.68. The van der Waals surface area contributed by atoms with Crippen molar-refractivity contribution in [3.63, 3.8) is 0 Å². The van der Waals surface area contributed by atoms with Crippen LogP contribution in [0.3, 0.4) is 0 Å². The van der Waals surface area contributed by atoms with Crippen molar-refractivity contribution in [1.82, 2.24) is 0 Å². The fourth-order valence-electron chi connectivity index (χ4n) is 1.06. The average Bonchev–Trinajstić information content (AvgIpc) is 2.58. The zero-order chi connectivity index (χ0) is 9.90. The summed E-state index contributed by atoms with van der Waals surface area (Å²) in [5.74, 6) is 0.152. The molecule has 74 valence electrons. The molecule has 0 aliphatic carbocycles. The van der Waals surface area contributed by atoms with Crippen LogP contribution in [0.15, 0.2) is 17.5 Å². The molecule has 1 aromatic rings. The van der Waals surface area contributed by atoms with Crippen LogP contribution in [0.1, 0.15) is 13.8 Å². The fraction of sp³-hybridized carbons (Fsp3) is 0.500. The molecule has 0 N–H and O–H groups in total. The summed E-state index contributed by atoms with van der Waals surface area (Å²) in [5.41, 5.74) is 0. The molecular weight excluding hydrogens is 206 g/mol. The topological polar surface area (TPSA) is 37.4 Å². The summed E-state index contributed by atoms with van der Waals surface area (Å²) in [7, 11) is -3.09. The van der Waals surface area contributed by atoms with Crippen LogP contribution in [0.25, 0.3) is 0 Å². The van der Waals surface area contributed by atoms with Crippen molar-refractivity contribution >= 4 is 26.4 Å². The summed E-state index contributed by atoms with van der Waals surface area (Å²) < 4.78 is 24.6. The van der Waals surface area contributed by atoms with Gasteiger partial charge in [-0.25, -0.2) is 8.42 Å². The van der Waals surface area contributed by atoms with Crippen LogP contribution < -0.4 is 4.31 Å². The molecule has 0 atom stereocenters. The van der Waals surface area contributed by atoms with Gasteiger partial charge in [-0.3, -0.25) is 4.31 Å². The molecule has 1 aromatic heterocycles. The first kappa shape index (κ1) is 10.5. The first-order valence-electron chi connectivity index (χ1n) is 4.15. The van der Waals surface area contributed by atoms with Crippen LogP contribution in [-0.4, -0.2) is 20.7 Å². The minimum atomic E-state index is -3.09. The lowest BCUT2D eigenvalue weighted by molar-refractivity contribution is 0.593. The molecule has 0 amide bonds. The van der Waals surface area contributed by atoms with E-state index in [9.17, 15) is 8.42 Å². The van der Waals surface area contributed by atoms with Crippen molar-refractivity contribution in [2.45, 2.75) is 13.8 Å². The van der Waals surface area contributed by atoms with Gasteiger partial charge in [-0.15, -0.1) is 11.3 Å². The lowest BCUT2D eigenvalue weighted by atomic mass is 10.6. The standard InChI is InChI=1S/C8H13NO2S2/c1-3-9(13(10,11)4-2)8-6-5-7-12-8/h5-7H,3-4H2,1-2H3. The second-order valence-corrected chi connectivity index (χ2v) is 5.62. The van der Waals surface area contributed by atoms with Crippen LogP contribution >= 0.6 is 11.3 Å². The van der Waals surface area contributed by atoms with Gasteiger partial charge < -0.3 is 0 Å². The lowest BCUT2D eigenvalue weighted by Crippen LogP contribution is -2.31. The second-order valence-electron chi connectivity index (χ2n) is 2.52. The molecule has 0 aliphatic rings. The maximum Gasteiger partial charge on any atom is 0.235 e. The van der Waals surface area contributed by atoms with Crippen LogP contribution in [0.5, 0.6) is 0 Å². The Morgan fingerprint density at radius 3 is 2.54 bits per heavy atom. The first-order chi connectivity index (χ1) is 6.11. The van der Waals surface area contributed by atoms with Crippen molar-refractivity contribution in [3.05, 3.63) is 17.5 Å². The molecule has 0 aliphatic heterocycles. The summed E-state index contributed by atoms with van der Waals surface area (Å²) in [6.45, 7) is 4.00. The number of nitrogens with zero attached hydrogens (tertiary/aromatic N) is 1. The van der Waals surface area contributed by atoms with Gasteiger partial charge in [0, 0.05) is 6.54 Å². The van der Waals surface area contributed by atoms with Crippen molar-refractivity contribution < 1.29 is 8.42 Å². The quantitative estimate of drug-likeness (QED) is 0.776. The molecule has 0 spiro atoms. The highest BCUT2D eigenvalue weighted by Gasteiger charge is 2.18. The molecule has 1 heterocycles. The van der Waals surface area contributed by atoms with Crippen LogP contribution in [-0.2, 0) is 10.0 Å². The molecular formula is C8H13NO2S2. The van der Waals surface area contributed by atoms with Gasteiger partial charge in [0.2, 0.25) is 10.0 Å². The maximum absolute atomic E-state index is 11.6. The maximum atomic E-state index is 11.6. The van der Waals surface area contributed by atoms with E-state index in [1.807, 2.05) is 24.4 Å². The van der Waals surface area contributed by atoms with Crippen LogP contribution in [0, 0.1) is 0 Å². The Morgan fingerprint density at radius 1 is 1.46 bits per heavy atom. The second kappa shape index (κ2) is 4.11. The van der Waals surface area contributed by atoms with Gasteiger partial charge in [0.15, 0.2) is 0 Å². The lowest BCUT2D eigenvalue weighted by Gasteiger charge is -2.19. The molecule has 5 heteroatoms. The van der Waals surface area contributed by atoms with E-state index in [1.165, 1.54) is 15.6 Å². The molecule has 0 aromatic carbocycles. The summed E-state index contributed by atoms with van der Waals surface area (Å²) in [4.78, 5) is 0. The molecule has 0 unspecified atom stereocenters. The molecule has 0 radical (unpaired) electrons. The zero-order valence-corrected chi connectivity index (χ0v) is 9.36. The molecule has 0 fully saturated rings. The third-order valence-corrected chi connectivity index (χ3v) is 4.60. The molecule has 0 saturated carbocycles. The third-order valence-electron chi connectivity index (χ3n) is 1.74. The monoisotopic (exact) mass is 219 g/mol. The first-order valence-corrected chi connectivity index (χ1v) is 6.64. The van der Waals surface area contributed by atoms with E-state index in [0.717, 1.165) is 5.00 Å². The van der Waals surface area contributed by atoms with E-state index in [-0.39, 0.29) is 5.75 Å². The van der Waals surface area contributed by atoms with Gasteiger partial charge in [0.05, 0.1) is 5.75 Å². The van der Waals surface area contributed by atoms with Crippen molar-refractivity contribution in [3.8, 4) is 0 Å². The van der Waals surface area contributed by atoms with E-state index in [0.29, 0.717) is 6.54 Å². The van der Waals surface area contributed by atoms with E-state index in [4.69, 9.17) is 0 Å². The van der Waals surface area contributed by atoms with Gasteiger partial charge in [-0.05, 0) is 31.4 Å². The summed E-state index contributed by atoms with van der Waals surface area (Å²) in [6.07, 6.45) is 0. The van der Waals surface area contributed by atoms with Gasteiger partial charge in [-0.2, -0.15) is 0 Å². The minimum absolute atomic E-state index is 0.152. The largest absolute Gasteiger partial charge is 0.261 e. The fourth-order valence-corrected chi connectivity index (χ4v) is 3.27. The zero-order valence-electron chi connectivity index (χ0n) is 7.73. The SMILES string of the molecule is CCN(c1cccs1)S(=O)(=O)CC. The minimum Gasteiger partial charge on any atom is -0.261 e. The Bertz CT molecular complexity index is 342.